The predicted molar refractivity (Wildman–Crippen MR) is 115 cm³/mol. The zero-order valence-corrected chi connectivity index (χ0v) is 15.6. The van der Waals surface area contributed by atoms with E-state index >= 15 is 0 Å². The first-order valence-corrected chi connectivity index (χ1v) is 9.27. The first-order chi connectivity index (χ1) is 14.2. The van der Waals surface area contributed by atoms with Crippen molar-refractivity contribution in [3.8, 4) is 0 Å². The number of ketones is 1. The van der Waals surface area contributed by atoms with Crippen molar-refractivity contribution < 1.29 is 9.59 Å². The summed E-state index contributed by atoms with van der Waals surface area (Å²) >= 11 is 0. The van der Waals surface area contributed by atoms with Crippen LogP contribution in [0, 0.1) is 0 Å². The van der Waals surface area contributed by atoms with Crippen molar-refractivity contribution in [2.75, 3.05) is 5.32 Å². The van der Waals surface area contributed by atoms with Gasteiger partial charge in [-0.3, -0.25) is 9.59 Å². The minimum Gasteiger partial charge on any atom is -0.342 e. The molecule has 142 valence electrons. The van der Waals surface area contributed by atoms with Gasteiger partial charge in [0, 0.05) is 23.5 Å². The van der Waals surface area contributed by atoms with Crippen LogP contribution in [0.4, 0.5) is 5.69 Å². The third kappa shape index (κ3) is 4.47. The maximum Gasteiger partial charge on any atom is 0.228 e. The zero-order valence-electron chi connectivity index (χ0n) is 15.6. The molecule has 0 aliphatic carbocycles. The number of nitrogens with one attached hydrogen (secondary N) is 2. The summed E-state index contributed by atoms with van der Waals surface area (Å²) in [4.78, 5) is 31.1. The van der Waals surface area contributed by atoms with E-state index in [9.17, 15) is 9.59 Å². The Balaban J connectivity index is 1.39. The molecule has 0 saturated heterocycles. The van der Waals surface area contributed by atoms with Crippen LogP contribution in [0.5, 0.6) is 0 Å². The fraction of sp³-hybridized carbons (Fsp3) is 0.0417. The lowest BCUT2D eigenvalue weighted by Crippen LogP contribution is -2.14. The molecule has 0 radical (unpaired) electrons. The van der Waals surface area contributed by atoms with Crippen molar-refractivity contribution in [1.82, 2.24) is 9.97 Å². The molecule has 4 rings (SSSR count). The number of H-pyrrole nitrogens is 1. The molecule has 0 bridgehead atoms. The molecule has 0 saturated carbocycles. The second-order valence-corrected chi connectivity index (χ2v) is 6.63. The van der Waals surface area contributed by atoms with E-state index in [2.05, 4.69) is 15.3 Å². The lowest BCUT2D eigenvalue weighted by molar-refractivity contribution is -0.115. The molecular weight excluding hydrogens is 362 g/mol. The number of amides is 1. The standard InChI is InChI=1S/C24H19N3O2/c28-22(24-25-14-15-26-24)13-12-17-8-10-18(11-9-17)16-23(29)27-21-7-3-5-19-4-1-2-6-20(19)21/h1-15H,16H2,(H,25,26)(H,27,29)/b13-12+. The molecule has 0 atom stereocenters. The van der Waals surface area contributed by atoms with Crippen molar-refractivity contribution >= 4 is 34.2 Å². The van der Waals surface area contributed by atoms with E-state index in [1.807, 2.05) is 66.7 Å². The number of hydrogen-bond acceptors (Lipinski definition) is 3. The lowest BCUT2D eigenvalue weighted by atomic mass is 10.1. The number of carbonyl (C=O) groups excluding carboxylic acids is 2. The Bertz CT molecular complexity index is 1170. The number of imidazole rings is 1. The topological polar surface area (TPSA) is 74.8 Å². The zero-order chi connectivity index (χ0) is 20.1. The molecule has 1 aromatic heterocycles. The molecule has 4 aromatic rings. The molecular formula is C24H19N3O2. The maximum absolute atomic E-state index is 12.5. The molecule has 29 heavy (non-hydrogen) atoms. The molecule has 0 aliphatic heterocycles. The number of carbonyl (C=O) groups is 2. The number of nitrogens with zero attached hydrogens (tertiary/aromatic N) is 1. The quantitative estimate of drug-likeness (QED) is 0.377. The van der Waals surface area contributed by atoms with Gasteiger partial charge in [-0.2, -0.15) is 0 Å². The summed E-state index contributed by atoms with van der Waals surface area (Å²) < 4.78 is 0. The number of fused-ring (bicyclic) bond motifs is 1. The van der Waals surface area contributed by atoms with Gasteiger partial charge >= 0.3 is 0 Å². The fourth-order valence-electron chi connectivity index (χ4n) is 3.11. The summed E-state index contributed by atoms with van der Waals surface area (Å²) in [6, 6.07) is 21.4. The third-order valence-electron chi connectivity index (χ3n) is 4.57. The van der Waals surface area contributed by atoms with Gasteiger partial charge in [-0.1, -0.05) is 66.7 Å². The van der Waals surface area contributed by atoms with Crippen LogP contribution in [0.2, 0.25) is 0 Å². The van der Waals surface area contributed by atoms with Crippen LogP contribution in [-0.4, -0.2) is 21.7 Å². The Morgan fingerprint density at radius 1 is 0.966 bits per heavy atom. The Morgan fingerprint density at radius 2 is 1.76 bits per heavy atom. The van der Waals surface area contributed by atoms with Gasteiger partial charge in [0.25, 0.3) is 0 Å². The van der Waals surface area contributed by atoms with E-state index in [1.165, 1.54) is 6.08 Å². The van der Waals surface area contributed by atoms with Crippen LogP contribution < -0.4 is 5.32 Å². The number of benzene rings is 3. The predicted octanol–water partition coefficient (Wildman–Crippen LogP) is 4.64. The van der Waals surface area contributed by atoms with Crippen LogP contribution in [0.25, 0.3) is 16.8 Å². The Labute approximate surface area is 168 Å². The van der Waals surface area contributed by atoms with Crippen molar-refractivity contribution in [3.05, 3.63) is 102 Å². The fourth-order valence-corrected chi connectivity index (χ4v) is 3.11. The minimum absolute atomic E-state index is 0.0716. The van der Waals surface area contributed by atoms with E-state index in [0.29, 0.717) is 5.82 Å². The highest BCUT2D eigenvalue weighted by Crippen LogP contribution is 2.23. The molecule has 0 spiro atoms. The van der Waals surface area contributed by atoms with E-state index in [4.69, 9.17) is 0 Å². The van der Waals surface area contributed by atoms with E-state index in [1.54, 1.807) is 18.5 Å². The molecule has 0 aliphatic rings. The highest BCUT2D eigenvalue weighted by Gasteiger charge is 2.07. The SMILES string of the molecule is O=C(Cc1ccc(/C=C/C(=O)c2ncc[nH]2)cc1)Nc1cccc2ccccc12. The number of hydrogen-bond donors (Lipinski definition) is 2. The van der Waals surface area contributed by atoms with Crippen molar-refractivity contribution in [1.29, 1.82) is 0 Å². The van der Waals surface area contributed by atoms with E-state index in [0.717, 1.165) is 27.6 Å². The van der Waals surface area contributed by atoms with Gasteiger partial charge < -0.3 is 10.3 Å². The summed E-state index contributed by atoms with van der Waals surface area (Å²) in [6.07, 6.45) is 6.63. The smallest absolute Gasteiger partial charge is 0.228 e. The molecule has 0 fully saturated rings. The van der Waals surface area contributed by atoms with E-state index in [-0.39, 0.29) is 18.1 Å². The summed E-state index contributed by atoms with van der Waals surface area (Å²) in [5.41, 5.74) is 2.59. The van der Waals surface area contributed by atoms with Crippen LogP contribution in [0.1, 0.15) is 21.7 Å². The molecule has 1 amide bonds. The lowest BCUT2D eigenvalue weighted by Gasteiger charge is -2.09. The summed E-state index contributed by atoms with van der Waals surface area (Å²) in [7, 11) is 0. The number of aromatic amines is 1. The van der Waals surface area contributed by atoms with Gasteiger partial charge in [0.1, 0.15) is 0 Å². The molecule has 5 heteroatoms. The highest BCUT2D eigenvalue weighted by atomic mass is 16.1. The first kappa shape index (κ1) is 18.4. The van der Waals surface area contributed by atoms with Gasteiger partial charge in [-0.15, -0.1) is 0 Å². The Kier molecular flexibility index (Phi) is 5.29. The van der Waals surface area contributed by atoms with Gasteiger partial charge in [0.05, 0.1) is 6.42 Å². The number of aromatic nitrogens is 2. The van der Waals surface area contributed by atoms with Crippen LogP contribution in [0.3, 0.4) is 0 Å². The molecule has 1 heterocycles. The third-order valence-corrected chi connectivity index (χ3v) is 4.57. The molecule has 3 aromatic carbocycles. The van der Waals surface area contributed by atoms with Crippen LogP contribution in [0.15, 0.2) is 85.2 Å². The van der Waals surface area contributed by atoms with Crippen molar-refractivity contribution in [2.45, 2.75) is 6.42 Å². The number of rotatable bonds is 6. The minimum atomic E-state index is -0.187. The summed E-state index contributed by atoms with van der Waals surface area (Å²) in [5, 5.41) is 5.10. The summed E-state index contributed by atoms with van der Waals surface area (Å²) in [5.74, 6) is 0.0501. The van der Waals surface area contributed by atoms with Crippen LogP contribution in [-0.2, 0) is 11.2 Å². The Morgan fingerprint density at radius 3 is 2.55 bits per heavy atom. The highest BCUT2D eigenvalue weighted by molar-refractivity contribution is 6.04. The second kappa shape index (κ2) is 8.35. The second-order valence-electron chi connectivity index (χ2n) is 6.63. The number of anilines is 1. The number of allylic oxidation sites excluding steroid dienone is 1. The maximum atomic E-state index is 12.5. The van der Waals surface area contributed by atoms with Gasteiger partial charge in [-0.05, 0) is 28.7 Å². The average Bonchev–Trinajstić information content (AvgIpc) is 3.28. The molecule has 5 nitrogen and oxygen atoms in total. The average molecular weight is 381 g/mol. The normalized spacial score (nSPS) is 11.0. The van der Waals surface area contributed by atoms with E-state index < -0.39 is 0 Å². The molecule has 0 unspecified atom stereocenters. The summed E-state index contributed by atoms with van der Waals surface area (Å²) in [6.45, 7) is 0. The van der Waals surface area contributed by atoms with Crippen LogP contribution >= 0.6 is 0 Å². The first-order valence-electron chi connectivity index (χ1n) is 9.27. The van der Waals surface area contributed by atoms with Gasteiger partial charge in [0.15, 0.2) is 5.82 Å². The van der Waals surface area contributed by atoms with Crippen molar-refractivity contribution in [2.24, 2.45) is 0 Å². The van der Waals surface area contributed by atoms with Crippen molar-refractivity contribution in [3.63, 3.8) is 0 Å². The van der Waals surface area contributed by atoms with Gasteiger partial charge in [0.2, 0.25) is 11.7 Å². The largest absolute Gasteiger partial charge is 0.342 e. The Hall–Kier alpha value is -3.99. The molecule has 2 N–H and O–H groups in total. The monoisotopic (exact) mass is 381 g/mol. The van der Waals surface area contributed by atoms with Gasteiger partial charge in [-0.25, -0.2) is 4.98 Å².